The van der Waals surface area contributed by atoms with Gasteiger partial charge in [-0.3, -0.25) is 0 Å². The molecular formula is C14H24BrNOS. The smallest absolute Gasteiger partial charge is 0.0728 e. The topological polar surface area (TPSA) is 21.3 Å². The fourth-order valence-electron chi connectivity index (χ4n) is 2.07. The van der Waals surface area contributed by atoms with Gasteiger partial charge in [-0.1, -0.05) is 13.8 Å². The first-order valence-electron chi connectivity index (χ1n) is 6.79. The molecule has 0 saturated carbocycles. The zero-order valence-corrected chi connectivity index (χ0v) is 13.9. The fraction of sp³-hybridized carbons (Fsp3) is 0.714. The van der Waals surface area contributed by atoms with Crippen molar-refractivity contribution in [2.45, 2.75) is 52.2 Å². The second-order valence-electron chi connectivity index (χ2n) is 4.40. The molecule has 0 radical (unpaired) electrons. The minimum Gasteiger partial charge on any atom is -0.377 e. The molecular weight excluding hydrogens is 310 g/mol. The lowest BCUT2D eigenvalue weighted by atomic mass is 10.0. The molecule has 0 bridgehead atoms. The Morgan fingerprint density at radius 1 is 1.39 bits per heavy atom. The van der Waals surface area contributed by atoms with Crippen LogP contribution >= 0.6 is 27.3 Å². The van der Waals surface area contributed by atoms with E-state index in [0.717, 1.165) is 32.4 Å². The molecule has 2 nitrogen and oxygen atoms in total. The molecule has 4 heteroatoms. The largest absolute Gasteiger partial charge is 0.377 e. The van der Waals surface area contributed by atoms with Gasteiger partial charge in [0.1, 0.15) is 0 Å². The molecule has 0 fully saturated rings. The van der Waals surface area contributed by atoms with E-state index in [1.807, 2.05) is 11.3 Å². The SMILES string of the molecule is CCCNC(Cc1cc(Br)cs1)C(CC)OCC. The summed E-state index contributed by atoms with van der Waals surface area (Å²) in [4.78, 5) is 1.41. The van der Waals surface area contributed by atoms with Crippen molar-refractivity contribution in [2.24, 2.45) is 0 Å². The number of ether oxygens (including phenoxy) is 1. The Hall–Kier alpha value is 0.1000. The van der Waals surface area contributed by atoms with E-state index >= 15 is 0 Å². The summed E-state index contributed by atoms with van der Waals surface area (Å²) in [7, 11) is 0. The monoisotopic (exact) mass is 333 g/mol. The number of thiophene rings is 1. The van der Waals surface area contributed by atoms with Crippen LogP contribution in [0.2, 0.25) is 0 Å². The Kier molecular flexibility index (Phi) is 8.15. The molecule has 1 rings (SSSR count). The van der Waals surface area contributed by atoms with Crippen LogP contribution in [0, 0.1) is 0 Å². The van der Waals surface area contributed by atoms with E-state index in [9.17, 15) is 0 Å². The lowest BCUT2D eigenvalue weighted by Gasteiger charge is -2.27. The molecule has 0 aliphatic heterocycles. The Morgan fingerprint density at radius 3 is 2.67 bits per heavy atom. The van der Waals surface area contributed by atoms with Crippen LogP contribution in [0.5, 0.6) is 0 Å². The number of nitrogens with one attached hydrogen (secondary N) is 1. The third-order valence-electron chi connectivity index (χ3n) is 2.93. The van der Waals surface area contributed by atoms with Gasteiger partial charge in [-0.25, -0.2) is 0 Å². The number of hydrogen-bond acceptors (Lipinski definition) is 3. The molecule has 0 aliphatic carbocycles. The molecule has 1 aromatic rings. The lowest BCUT2D eigenvalue weighted by Crippen LogP contribution is -2.43. The summed E-state index contributed by atoms with van der Waals surface area (Å²) in [5.41, 5.74) is 0. The summed E-state index contributed by atoms with van der Waals surface area (Å²) in [6.45, 7) is 8.32. The van der Waals surface area contributed by atoms with Crippen LogP contribution in [0.3, 0.4) is 0 Å². The van der Waals surface area contributed by atoms with Crippen molar-refractivity contribution in [3.63, 3.8) is 0 Å². The summed E-state index contributed by atoms with van der Waals surface area (Å²) in [5, 5.41) is 5.78. The van der Waals surface area contributed by atoms with E-state index in [4.69, 9.17) is 4.74 Å². The molecule has 0 amide bonds. The molecule has 1 N–H and O–H groups in total. The maximum Gasteiger partial charge on any atom is 0.0728 e. The summed E-state index contributed by atoms with van der Waals surface area (Å²) < 4.78 is 7.04. The van der Waals surface area contributed by atoms with Gasteiger partial charge in [-0.2, -0.15) is 0 Å². The number of hydrogen-bond donors (Lipinski definition) is 1. The molecule has 1 heterocycles. The summed E-state index contributed by atoms with van der Waals surface area (Å²) in [5.74, 6) is 0. The van der Waals surface area contributed by atoms with E-state index in [-0.39, 0.29) is 0 Å². The molecule has 2 atom stereocenters. The zero-order chi connectivity index (χ0) is 13.4. The molecule has 1 aromatic heterocycles. The second-order valence-corrected chi connectivity index (χ2v) is 6.31. The van der Waals surface area contributed by atoms with Crippen LogP contribution in [0.25, 0.3) is 0 Å². The molecule has 2 unspecified atom stereocenters. The van der Waals surface area contributed by atoms with Gasteiger partial charge in [0.25, 0.3) is 0 Å². The quantitative estimate of drug-likeness (QED) is 0.729. The first-order valence-corrected chi connectivity index (χ1v) is 8.46. The van der Waals surface area contributed by atoms with E-state index in [2.05, 4.69) is 53.5 Å². The van der Waals surface area contributed by atoms with Crippen molar-refractivity contribution in [3.05, 3.63) is 20.8 Å². The van der Waals surface area contributed by atoms with Gasteiger partial charge in [-0.15, -0.1) is 11.3 Å². The highest BCUT2D eigenvalue weighted by Gasteiger charge is 2.20. The van der Waals surface area contributed by atoms with Crippen molar-refractivity contribution in [3.8, 4) is 0 Å². The predicted molar refractivity (Wildman–Crippen MR) is 83.5 cm³/mol. The standard InChI is InChI=1S/C14H24BrNOS/c1-4-7-16-13(14(5-2)17-6-3)9-12-8-11(15)10-18-12/h8,10,13-14,16H,4-7,9H2,1-3H3. The van der Waals surface area contributed by atoms with Gasteiger partial charge >= 0.3 is 0 Å². The zero-order valence-electron chi connectivity index (χ0n) is 11.5. The van der Waals surface area contributed by atoms with Crippen LogP contribution < -0.4 is 5.32 Å². The summed E-state index contributed by atoms with van der Waals surface area (Å²) in [6.07, 6.45) is 3.58. The minimum absolute atomic E-state index is 0.308. The highest BCUT2D eigenvalue weighted by molar-refractivity contribution is 9.10. The van der Waals surface area contributed by atoms with Gasteiger partial charge < -0.3 is 10.1 Å². The van der Waals surface area contributed by atoms with Crippen LogP contribution in [-0.4, -0.2) is 25.3 Å². The van der Waals surface area contributed by atoms with E-state index < -0.39 is 0 Å². The van der Waals surface area contributed by atoms with Gasteiger partial charge in [0.2, 0.25) is 0 Å². The molecule has 0 spiro atoms. The third kappa shape index (κ3) is 5.39. The molecule has 0 aromatic carbocycles. The van der Waals surface area contributed by atoms with Crippen LogP contribution in [0.4, 0.5) is 0 Å². The highest BCUT2D eigenvalue weighted by atomic mass is 79.9. The minimum atomic E-state index is 0.308. The first kappa shape index (κ1) is 16.2. The summed E-state index contributed by atoms with van der Waals surface area (Å²) >= 11 is 5.33. The predicted octanol–water partition coefficient (Wildman–Crippen LogP) is 4.24. The van der Waals surface area contributed by atoms with Crippen molar-refractivity contribution < 1.29 is 4.74 Å². The normalized spacial score (nSPS) is 14.7. The van der Waals surface area contributed by atoms with Crippen LogP contribution in [0.15, 0.2) is 15.9 Å². The Labute approximate surface area is 123 Å². The van der Waals surface area contributed by atoms with E-state index in [0.29, 0.717) is 12.1 Å². The maximum absolute atomic E-state index is 5.86. The Balaban J connectivity index is 2.63. The van der Waals surface area contributed by atoms with Crippen molar-refractivity contribution >= 4 is 27.3 Å². The van der Waals surface area contributed by atoms with E-state index in [1.165, 1.54) is 9.35 Å². The first-order chi connectivity index (χ1) is 8.71. The van der Waals surface area contributed by atoms with Crippen molar-refractivity contribution in [1.29, 1.82) is 0 Å². The third-order valence-corrected chi connectivity index (χ3v) is 4.65. The maximum atomic E-state index is 5.86. The van der Waals surface area contributed by atoms with Crippen LogP contribution in [-0.2, 0) is 11.2 Å². The number of halogens is 1. The van der Waals surface area contributed by atoms with Gasteiger partial charge in [0, 0.05) is 27.4 Å². The van der Waals surface area contributed by atoms with Gasteiger partial charge in [0.05, 0.1) is 6.10 Å². The van der Waals surface area contributed by atoms with Gasteiger partial charge in [0.15, 0.2) is 0 Å². The Bertz CT molecular complexity index is 329. The number of rotatable bonds is 9. The van der Waals surface area contributed by atoms with Crippen LogP contribution in [0.1, 0.15) is 38.5 Å². The molecule has 0 saturated heterocycles. The molecule has 18 heavy (non-hydrogen) atoms. The average Bonchev–Trinajstić information content (AvgIpc) is 2.77. The molecule has 104 valence electrons. The second kappa shape index (κ2) is 9.08. The van der Waals surface area contributed by atoms with Crippen molar-refractivity contribution in [1.82, 2.24) is 5.32 Å². The average molecular weight is 334 g/mol. The fourth-order valence-corrected chi connectivity index (χ4v) is 3.59. The Morgan fingerprint density at radius 2 is 2.17 bits per heavy atom. The highest BCUT2D eigenvalue weighted by Crippen LogP contribution is 2.22. The lowest BCUT2D eigenvalue weighted by molar-refractivity contribution is 0.0321. The van der Waals surface area contributed by atoms with E-state index in [1.54, 1.807) is 0 Å². The molecule has 0 aliphatic rings. The van der Waals surface area contributed by atoms with Gasteiger partial charge in [-0.05, 0) is 54.7 Å². The summed E-state index contributed by atoms with van der Waals surface area (Å²) in [6, 6.07) is 2.63. The van der Waals surface area contributed by atoms with Crippen molar-refractivity contribution in [2.75, 3.05) is 13.2 Å².